The van der Waals surface area contributed by atoms with Crippen molar-refractivity contribution in [3.8, 4) is 5.75 Å². The SMILES string of the molecule is CCC1CCC(CNCc2cccc(C)c2O)CC1.Cc1nc(N(C)C)c2ccccc2n1. The van der Waals surface area contributed by atoms with Crippen LogP contribution in [0.15, 0.2) is 42.5 Å². The van der Waals surface area contributed by atoms with Gasteiger partial charge in [0.1, 0.15) is 17.4 Å². The first-order chi connectivity index (χ1) is 15.9. The number of nitrogens with zero attached hydrogens (tertiary/aromatic N) is 3. The number of benzene rings is 2. The molecule has 0 bridgehead atoms. The molecule has 0 spiro atoms. The minimum absolute atomic E-state index is 0.449. The van der Waals surface area contributed by atoms with Crippen molar-refractivity contribution in [3.05, 3.63) is 59.4 Å². The first-order valence-electron chi connectivity index (χ1n) is 12.3. The highest BCUT2D eigenvalue weighted by atomic mass is 16.3. The van der Waals surface area contributed by atoms with E-state index in [2.05, 4.69) is 22.2 Å². The molecule has 0 aliphatic heterocycles. The molecule has 0 unspecified atom stereocenters. The molecule has 1 aliphatic rings. The van der Waals surface area contributed by atoms with E-state index in [1.807, 2.05) is 75.3 Å². The molecule has 2 aromatic carbocycles. The standard InChI is InChI=1S/C17H27NO.C11H13N3/c1-3-14-7-9-15(10-8-14)11-18-12-16-6-4-5-13(2)17(16)19;1-8-12-10-7-5-4-6-9(10)11(13-8)14(2)3/h4-6,14-15,18-19H,3,7-12H2,1-2H3;4-7H,1-3H3. The number of nitrogens with one attached hydrogen (secondary N) is 1. The fourth-order valence-corrected chi connectivity index (χ4v) is 4.63. The first-order valence-corrected chi connectivity index (χ1v) is 12.3. The Morgan fingerprint density at radius 2 is 1.64 bits per heavy atom. The van der Waals surface area contributed by atoms with Gasteiger partial charge in [-0.15, -0.1) is 0 Å². The number of rotatable bonds is 6. The Balaban J connectivity index is 0.000000194. The van der Waals surface area contributed by atoms with Crippen molar-refractivity contribution >= 4 is 16.7 Å². The quantitative estimate of drug-likeness (QED) is 0.483. The van der Waals surface area contributed by atoms with Crippen LogP contribution in [0, 0.1) is 25.7 Å². The number of phenols is 1. The molecule has 0 radical (unpaired) electrons. The van der Waals surface area contributed by atoms with Crippen LogP contribution in [-0.2, 0) is 6.54 Å². The molecular formula is C28H40N4O. The van der Waals surface area contributed by atoms with E-state index in [1.165, 1.54) is 32.1 Å². The maximum absolute atomic E-state index is 9.96. The van der Waals surface area contributed by atoms with Gasteiger partial charge in [-0.2, -0.15) is 0 Å². The Kier molecular flexibility index (Phi) is 9.07. The third kappa shape index (κ3) is 6.91. The predicted octanol–water partition coefficient (Wildman–Crippen LogP) is 6.01. The summed E-state index contributed by atoms with van der Waals surface area (Å²) in [6, 6.07) is 14.0. The summed E-state index contributed by atoms with van der Waals surface area (Å²) in [5.74, 6) is 4.04. The van der Waals surface area contributed by atoms with Crippen molar-refractivity contribution in [1.82, 2.24) is 15.3 Å². The van der Waals surface area contributed by atoms with Crippen molar-refractivity contribution in [2.24, 2.45) is 11.8 Å². The summed E-state index contributed by atoms with van der Waals surface area (Å²) >= 11 is 0. The molecule has 0 amide bonds. The lowest BCUT2D eigenvalue weighted by atomic mass is 9.81. The number of hydrogen-bond donors (Lipinski definition) is 2. The molecule has 2 N–H and O–H groups in total. The number of aromatic nitrogens is 2. The Hall–Kier alpha value is -2.66. The van der Waals surface area contributed by atoms with Gasteiger partial charge in [-0.3, -0.25) is 0 Å². The van der Waals surface area contributed by atoms with Crippen LogP contribution < -0.4 is 10.2 Å². The Labute approximate surface area is 199 Å². The van der Waals surface area contributed by atoms with Crippen LogP contribution >= 0.6 is 0 Å². The van der Waals surface area contributed by atoms with Crippen LogP contribution in [-0.4, -0.2) is 35.7 Å². The van der Waals surface area contributed by atoms with E-state index in [4.69, 9.17) is 0 Å². The van der Waals surface area contributed by atoms with Gasteiger partial charge < -0.3 is 15.3 Å². The third-order valence-corrected chi connectivity index (χ3v) is 6.73. The van der Waals surface area contributed by atoms with Gasteiger partial charge in [0.25, 0.3) is 0 Å². The average Bonchev–Trinajstić information content (AvgIpc) is 2.82. The van der Waals surface area contributed by atoms with E-state index in [1.54, 1.807) is 0 Å². The summed E-state index contributed by atoms with van der Waals surface area (Å²) in [4.78, 5) is 10.8. The Bertz CT molecular complexity index is 1030. The molecule has 0 atom stereocenters. The Morgan fingerprint density at radius 3 is 2.33 bits per heavy atom. The van der Waals surface area contributed by atoms with Crippen molar-refractivity contribution in [2.45, 2.75) is 59.4 Å². The van der Waals surface area contributed by atoms with Crippen LogP contribution in [0.4, 0.5) is 5.82 Å². The molecule has 1 fully saturated rings. The van der Waals surface area contributed by atoms with E-state index in [0.29, 0.717) is 5.75 Å². The molecule has 1 heterocycles. The topological polar surface area (TPSA) is 61.3 Å². The van der Waals surface area contributed by atoms with Crippen LogP contribution in [0.3, 0.4) is 0 Å². The van der Waals surface area contributed by atoms with Gasteiger partial charge in [-0.05, 0) is 62.8 Å². The van der Waals surface area contributed by atoms with E-state index in [9.17, 15) is 5.11 Å². The van der Waals surface area contributed by atoms with Crippen molar-refractivity contribution < 1.29 is 5.11 Å². The average molecular weight is 449 g/mol. The molecule has 5 heteroatoms. The molecule has 5 nitrogen and oxygen atoms in total. The van der Waals surface area contributed by atoms with E-state index >= 15 is 0 Å². The number of aromatic hydroxyl groups is 1. The zero-order valence-electron chi connectivity index (χ0n) is 20.9. The van der Waals surface area contributed by atoms with Gasteiger partial charge in [0.15, 0.2) is 0 Å². The van der Waals surface area contributed by atoms with Crippen LogP contribution in [0.2, 0.25) is 0 Å². The predicted molar refractivity (Wildman–Crippen MR) is 139 cm³/mol. The summed E-state index contributed by atoms with van der Waals surface area (Å²) in [7, 11) is 3.99. The summed E-state index contributed by atoms with van der Waals surface area (Å²) < 4.78 is 0. The minimum atomic E-state index is 0.449. The zero-order chi connectivity index (χ0) is 23.8. The molecule has 1 saturated carbocycles. The highest BCUT2D eigenvalue weighted by Gasteiger charge is 2.19. The Morgan fingerprint density at radius 1 is 0.939 bits per heavy atom. The molecular weight excluding hydrogens is 408 g/mol. The molecule has 0 saturated heterocycles. The lowest BCUT2D eigenvalue weighted by Crippen LogP contribution is -2.26. The van der Waals surface area contributed by atoms with Crippen LogP contribution in [0.5, 0.6) is 5.75 Å². The number of phenolic OH excluding ortho intramolecular Hbond substituents is 1. The molecule has 3 aromatic rings. The lowest BCUT2D eigenvalue weighted by molar-refractivity contribution is 0.262. The number of hydrogen-bond acceptors (Lipinski definition) is 5. The molecule has 1 aliphatic carbocycles. The number of fused-ring (bicyclic) bond motifs is 1. The fraction of sp³-hybridized carbons (Fsp3) is 0.500. The molecule has 33 heavy (non-hydrogen) atoms. The second-order valence-corrected chi connectivity index (χ2v) is 9.51. The highest BCUT2D eigenvalue weighted by Crippen LogP contribution is 2.30. The second-order valence-electron chi connectivity index (χ2n) is 9.51. The van der Waals surface area contributed by atoms with Crippen LogP contribution in [0.25, 0.3) is 10.9 Å². The van der Waals surface area contributed by atoms with Gasteiger partial charge >= 0.3 is 0 Å². The van der Waals surface area contributed by atoms with E-state index < -0.39 is 0 Å². The smallest absolute Gasteiger partial charge is 0.139 e. The maximum atomic E-state index is 9.96. The van der Waals surface area contributed by atoms with Crippen molar-refractivity contribution in [2.75, 3.05) is 25.5 Å². The van der Waals surface area contributed by atoms with Crippen molar-refractivity contribution in [1.29, 1.82) is 0 Å². The highest BCUT2D eigenvalue weighted by molar-refractivity contribution is 5.89. The zero-order valence-corrected chi connectivity index (χ0v) is 20.9. The first kappa shape index (κ1) is 25.0. The lowest BCUT2D eigenvalue weighted by Gasteiger charge is -2.28. The van der Waals surface area contributed by atoms with Crippen LogP contribution in [0.1, 0.15) is 56.0 Å². The minimum Gasteiger partial charge on any atom is -0.507 e. The summed E-state index contributed by atoms with van der Waals surface area (Å²) in [6.45, 7) is 8.04. The summed E-state index contributed by atoms with van der Waals surface area (Å²) in [5, 5.41) is 14.6. The van der Waals surface area contributed by atoms with Gasteiger partial charge in [-0.1, -0.05) is 56.5 Å². The number of para-hydroxylation sites is 2. The summed E-state index contributed by atoms with van der Waals surface area (Å²) in [5.41, 5.74) is 2.98. The number of anilines is 1. The second kappa shape index (κ2) is 12.0. The largest absolute Gasteiger partial charge is 0.507 e. The normalized spacial score (nSPS) is 18.0. The third-order valence-electron chi connectivity index (χ3n) is 6.73. The fourth-order valence-electron chi connectivity index (χ4n) is 4.63. The molecule has 4 rings (SSSR count). The van der Waals surface area contributed by atoms with Gasteiger partial charge in [-0.25, -0.2) is 9.97 Å². The monoisotopic (exact) mass is 448 g/mol. The number of aryl methyl sites for hydroxylation is 2. The maximum Gasteiger partial charge on any atom is 0.139 e. The van der Waals surface area contributed by atoms with E-state index in [0.717, 1.165) is 58.6 Å². The molecule has 1 aromatic heterocycles. The van der Waals surface area contributed by atoms with Gasteiger partial charge in [0.2, 0.25) is 0 Å². The molecule has 178 valence electrons. The summed E-state index contributed by atoms with van der Waals surface area (Å²) in [6.07, 6.45) is 6.88. The van der Waals surface area contributed by atoms with Gasteiger partial charge in [0, 0.05) is 31.6 Å². The van der Waals surface area contributed by atoms with Crippen molar-refractivity contribution in [3.63, 3.8) is 0 Å². The van der Waals surface area contributed by atoms with Gasteiger partial charge in [0.05, 0.1) is 5.52 Å². The van der Waals surface area contributed by atoms with E-state index in [-0.39, 0.29) is 0 Å².